The van der Waals surface area contributed by atoms with E-state index in [2.05, 4.69) is 9.98 Å². The number of hydrogen-bond donors (Lipinski definition) is 1. The molecule has 0 aromatic carbocycles. The summed E-state index contributed by atoms with van der Waals surface area (Å²) in [5, 5.41) is 10.3. The summed E-state index contributed by atoms with van der Waals surface area (Å²) in [5.41, 5.74) is 0.735. The summed E-state index contributed by atoms with van der Waals surface area (Å²) in [6, 6.07) is 1.71. The number of imide groups is 1. The van der Waals surface area contributed by atoms with Crippen molar-refractivity contribution in [3.8, 4) is 0 Å². The minimum absolute atomic E-state index is 0.151. The van der Waals surface area contributed by atoms with Crippen molar-refractivity contribution in [2.24, 2.45) is 10.9 Å². The molecule has 0 fully saturated rings. The number of pyridine rings is 1. The minimum Gasteiger partial charge on any atom is -0.481 e. The highest BCUT2D eigenvalue weighted by molar-refractivity contribution is 7.98. The van der Waals surface area contributed by atoms with Crippen LogP contribution in [0.1, 0.15) is 38.3 Å². The molecule has 2 heterocycles. The molecule has 8 heteroatoms. The highest BCUT2D eigenvalue weighted by Gasteiger charge is 2.45. The summed E-state index contributed by atoms with van der Waals surface area (Å²) >= 11 is 1.34. The fraction of sp³-hybridized carbons (Fsp3) is 0.438. The molecule has 0 radical (unpaired) electrons. The van der Waals surface area contributed by atoms with E-state index < -0.39 is 29.9 Å². The van der Waals surface area contributed by atoms with Crippen LogP contribution in [0.25, 0.3) is 0 Å². The molecule has 2 unspecified atom stereocenters. The van der Waals surface area contributed by atoms with E-state index in [9.17, 15) is 19.5 Å². The van der Waals surface area contributed by atoms with Crippen LogP contribution in [0.4, 0.5) is 4.79 Å². The van der Waals surface area contributed by atoms with Crippen molar-refractivity contribution in [1.29, 1.82) is 0 Å². The molecule has 0 saturated carbocycles. The zero-order valence-corrected chi connectivity index (χ0v) is 14.5. The van der Waals surface area contributed by atoms with Gasteiger partial charge < -0.3 is 5.11 Å². The van der Waals surface area contributed by atoms with Crippen LogP contribution >= 0.6 is 11.8 Å². The van der Waals surface area contributed by atoms with Gasteiger partial charge >= 0.3 is 12.0 Å². The molecule has 1 aliphatic rings. The number of nitrogens with zero attached hydrogens (tertiary/aromatic N) is 3. The zero-order valence-electron chi connectivity index (χ0n) is 13.7. The van der Waals surface area contributed by atoms with Gasteiger partial charge in [-0.3, -0.25) is 14.5 Å². The molecule has 1 aromatic rings. The smallest absolute Gasteiger partial charge is 0.350 e. The van der Waals surface area contributed by atoms with Gasteiger partial charge in [0.1, 0.15) is 10.9 Å². The fourth-order valence-electron chi connectivity index (χ4n) is 2.80. The standard InChI is InChI=1S/C16H19N3O4S/c1-4-6-11(20)19-13(10-7-5-8-17-14(10)24-3)12(15(21)22)9(2)18-16(19)23/h5,7-8,12-13H,4,6H2,1-3H3,(H,21,22). The van der Waals surface area contributed by atoms with Gasteiger partial charge in [0.2, 0.25) is 5.91 Å². The summed E-state index contributed by atoms with van der Waals surface area (Å²) in [6.07, 6.45) is 4.11. The molecule has 2 rings (SSSR count). The second-order valence-corrected chi connectivity index (χ2v) is 6.21. The van der Waals surface area contributed by atoms with Crippen LogP contribution in [-0.4, -0.2) is 44.9 Å². The predicted molar refractivity (Wildman–Crippen MR) is 90.1 cm³/mol. The third-order valence-corrected chi connectivity index (χ3v) is 4.56. The van der Waals surface area contributed by atoms with Crippen LogP contribution < -0.4 is 0 Å². The lowest BCUT2D eigenvalue weighted by molar-refractivity contribution is -0.142. The van der Waals surface area contributed by atoms with Gasteiger partial charge in [-0.15, -0.1) is 11.8 Å². The number of hydrogen-bond acceptors (Lipinski definition) is 5. The summed E-state index contributed by atoms with van der Waals surface area (Å²) in [5.74, 6) is -2.64. The minimum atomic E-state index is -1.13. The number of carbonyl (C=O) groups is 3. The number of carbonyl (C=O) groups excluding carboxylic acids is 2. The third-order valence-electron chi connectivity index (χ3n) is 3.83. The monoisotopic (exact) mass is 349 g/mol. The number of urea groups is 1. The Morgan fingerprint density at radius 1 is 1.42 bits per heavy atom. The van der Waals surface area contributed by atoms with Gasteiger partial charge in [-0.2, -0.15) is 0 Å². The molecular formula is C16H19N3O4S. The molecule has 3 amide bonds. The Morgan fingerprint density at radius 3 is 2.71 bits per heavy atom. The van der Waals surface area contributed by atoms with E-state index in [0.717, 1.165) is 4.90 Å². The molecule has 7 nitrogen and oxygen atoms in total. The van der Waals surface area contributed by atoms with Crippen molar-refractivity contribution in [2.75, 3.05) is 6.26 Å². The first-order valence-corrected chi connectivity index (χ1v) is 8.77. The van der Waals surface area contributed by atoms with Gasteiger partial charge in [-0.05, 0) is 25.7 Å². The second kappa shape index (κ2) is 7.57. The molecule has 24 heavy (non-hydrogen) atoms. The van der Waals surface area contributed by atoms with E-state index >= 15 is 0 Å². The topological polar surface area (TPSA) is 99.9 Å². The van der Waals surface area contributed by atoms with Crippen molar-refractivity contribution in [2.45, 2.75) is 37.8 Å². The van der Waals surface area contributed by atoms with Gasteiger partial charge in [-0.1, -0.05) is 13.0 Å². The van der Waals surface area contributed by atoms with Gasteiger partial charge in [0, 0.05) is 23.9 Å². The Morgan fingerprint density at radius 2 is 2.12 bits per heavy atom. The maximum Gasteiger partial charge on any atom is 0.350 e. The van der Waals surface area contributed by atoms with Crippen LogP contribution in [0, 0.1) is 5.92 Å². The number of aliphatic imine (C=N–C) groups is 1. The molecule has 2 atom stereocenters. The van der Waals surface area contributed by atoms with Gasteiger partial charge in [0.25, 0.3) is 0 Å². The summed E-state index contributed by atoms with van der Waals surface area (Å²) in [6.45, 7) is 3.32. The lowest BCUT2D eigenvalue weighted by Crippen LogP contribution is -2.49. The summed E-state index contributed by atoms with van der Waals surface area (Å²) in [4.78, 5) is 45.7. The fourth-order valence-corrected chi connectivity index (χ4v) is 3.39. The highest BCUT2D eigenvalue weighted by Crippen LogP contribution is 2.38. The molecule has 0 saturated heterocycles. The first kappa shape index (κ1) is 18.1. The van der Waals surface area contributed by atoms with E-state index in [1.807, 2.05) is 13.2 Å². The van der Waals surface area contributed by atoms with Gasteiger partial charge in [0.05, 0.1) is 6.04 Å². The van der Waals surface area contributed by atoms with Crippen LogP contribution in [-0.2, 0) is 9.59 Å². The molecule has 1 aromatic heterocycles. The first-order valence-electron chi connectivity index (χ1n) is 7.55. The number of thioether (sulfide) groups is 1. The number of aromatic nitrogens is 1. The average molecular weight is 349 g/mol. The summed E-state index contributed by atoms with van der Waals surface area (Å²) < 4.78 is 0. The third kappa shape index (κ3) is 3.33. The molecule has 128 valence electrons. The summed E-state index contributed by atoms with van der Waals surface area (Å²) in [7, 11) is 0. The zero-order chi connectivity index (χ0) is 17.9. The van der Waals surface area contributed by atoms with E-state index in [1.165, 1.54) is 18.7 Å². The predicted octanol–water partition coefficient (Wildman–Crippen LogP) is 2.77. The maximum absolute atomic E-state index is 12.5. The second-order valence-electron chi connectivity index (χ2n) is 5.41. The SMILES string of the molecule is CCCC(=O)N1C(=O)N=C(C)C(C(=O)O)C1c1cccnc1SC. The Hall–Kier alpha value is -2.22. The van der Waals surface area contributed by atoms with Crippen molar-refractivity contribution >= 4 is 35.4 Å². The molecular weight excluding hydrogens is 330 g/mol. The normalized spacial score (nSPS) is 20.7. The quantitative estimate of drug-likeness (QED) is 0.821. The highest BCUT2D eigenvalue weighted by atomic mass is 32.2. The van der Waals surface area contributed by atoms with Crippen LogP contribution in [0.2, 0.25) is 0 Å². The number of carboxylic acids is 1. The van der Waals surface area contributed by atoms with E-state index in [1.54, 1.807) is 18.3 Å². The van der Waals surface area contributed by atoms with E-state index in [4.69, 9.17) is 0 Å². The number of rotatable bonds is 5. The molecule has 0 aliphatic carbocycles. The number of aliphatic carboxylic acids is 1. The molecule has 1 aliphatic heterocycles. The van der Waals surface area contributed by atoms with Gasteiger partial charge in [-0.25, -0.2) is 14.8 Å². The van der Waals surface area contributed by atoms with Crippen molar-refractivity contribution in [1.82, 2.24) is 9.88 Å². The van der Waals surface area contributed by atoms with Crippen molar-refractivity contribution in [3.05, 3.63) is 23.9 Å². The first-order chi connectivity index (χ1) is 11.4. The Bertz CT molecular complexity index is 704. The average Bonchev–Trinajstić information content (AvgIpc) is 2.53. The van der Waals surface area contributed by atoms with E-state index in [-0.39, 0.29) is 12.1 Å². The van der Waals surface area contributed by atoms with Crippen LogP contribution in [0.15, 0.2) is 28.3 Å². The lowest BCUT2D eigenvalue weighted by atomic mass is 9.87. The Balaban J connectivity index is 2.65. The Kier molecular flexibility index (Phi) is 5.71. The van der Waals surface area contributed by atoms with Crippen molar-refractivity contribution < 1.29 is 19.5 Å². The van der Waals surface area contributed by atoms with Crippen LogP contribution in [0.3, 0.4) is 0 Å². The van der Waals surface area contributed by atoms with E-state index in [0.29, 0.717) is 17.0 Å². The molecule has 0 spiro atoms. The van der Waals surface area contributed by atoms with Crippen molar-refractivity contribution in [3.63, 3.8) is 0 Å². The Labute approximate surface area is 144 Å². The van der Waals surface area contributed by atoms with Gasteiger partial charge in [0.15, 0.2) is 0 Å². The molecule has 0 bridgehead atoms. The maximum atomic E-state index is 12.5. The lowest BCUT2D eigenvalue weighted by Gasteiger charge is -2.36. The number of carboxylic acid groups (broad SMARTS) is 1. The largest absolute Gasteiger partial charge is 0.481 e. The number of amides is 3. The molecule has 1 N–H and O–H groups in total. The van der Waals surface area contributed by atoms with Crippen LogP contribution in [0.5, 0.6) is 0 Å².